The predicted molar refractivity (Wildman–Crippen MR) is 68.7 cm³/mol. The van der Waals surface area contributed by atoms with Gasteiger partial charge < -0.3 is 15.4 Å². The Morgan fingerprint density at radius 3 is 3.06 bits per heavy atom. The van der Waals surface area contributed by atoms with E-state index in [0.717, 1.165) is 24.3 Å². The van der Waals surface area contributed by atoms with E-state index in [0.29, 0.717) is 17.2 Å². The van der Waals surface area contributed by atoms with Gasteiger partial charge in [-0.05, 0) is 25.8 Å². The standard InChI is InChI=1S/C12H18N2O2S/c1-8-6-10(16-2)11(17-8)12(15)14-5-3-4-9(13)7-14/h6,9H,3-5,7,13H2,1-2H3. The van der Waals surface area contributed by atoms with Crippen LogP contribution in [0.15, 0.2) is 6.07 Å². The predicted octanol–water partition coefficient (Wildman–Crippen LogP) is 1.63. The molecule has 2 heterocycles. The maximum absolute atomic E-state index is 12.3. The van der Waals surface area contributed by atoms with Crippen molar-refractivity contribution in [3.05, 3.63) is 15.8 Å². The number of piperidine rings is 1. The summed E-state index contributed by atoms with van der Waals surface area (Å²) in [7, 11) is 1.60. The molecule has 1 amide bonds. The molecule has 0 saturated carbocycles. The van der Waals surface area contributed by atoms with Crippen LogP contribution < -0.4 is 10.5 Å². The van der Waals surface area contributed by atoms with Crippen LogP contribution >= 0.6 is 11.3 Å². The highest BCUT2D eigenvalue weighted by atomic mass is 32.1. The Hall–Kier alpha value is -1.07. The topological polar surface area (TPSA) is 55.6 Å². The second-order valence-electron chi connectivity index (χ2n) is 4.41. The van der Waals surface area contributed by atoms with Crippen LogP contribution in [0, 0.1) is 6.92 Å². The number of nitrogens with zero attached hydrogens (tertiary/aromatic N) is 1. The van der Waals surface area contributed by atoms with Crippen LogP contribution in [0.5, 0.6) is 5.75 Å². The highest BCUT2D eigenvalue weighted by Crippen LogP contribution is 2.30. The Balaban J connectivity index is 2.18. The quantitative estimate of drug-likeness (QED) is 0.872. The number of ether oxygens (including phenoxy) is 1. The number of thiophene rings is 1. The number of likely N-dealkylation sites (tertiary alicyclic amines) is 1. The van der Waals surface area contributed by atoms with Gasteiger partial charge >= 0.3 is 0 Å². The lowest BCUT2D eigenvalue weighted by molar-refractivity contribution is 0.0710. The van der Waals surface area contributed by atoms with Gasteiger partial charge in [0, 0.05) is 24.0 Å². The zero-order chi connectivity index (χ0) is 12.4. The Morgan fingerprint density at radius 2 is 2.41 bits per heavy atom. The van der Waals surface area contributed by atoms with E-state index in [1.54, 1.807) is 7.11 Å². The third kappa shape index (κ3) is 2.61. The molecule has 2 N–H and O–H groups in total. The van der Waals surface area contributed by atoms with Crippen LogP contribution in [0.1, 0.15) is 27.4 Å². The number of hydrogen-bond donors (Lipinski definition) is 1. The summed E-state index contributed by atoms with van der Waals surface area (Å²) in [5, 5.41) is 0. The fourth-order valence-electron chi connectivity index (χ4n) is 2.13. The molecule has 5 heteroatoms. The van der Waals surface area contributed by atoms with Crippen LogP contribution in [0.4, 0.5) is 0 Å². The molecule has 1 atom stereocenters. The maximum Gasteiger partial charge on any atom is 0.267 e. The van der Waals surface area contributed by atoms with Crippen molar-refractivity contribution in [1.82, 2.24) is 4.90 Å². The van der Waals surface area contributed by atoms with Crippen LogP contribution in [0.3, 0.4) is 0 Å². The molecule has 0 aliphatic carbocycles. The molecule has 1 fully saturated rings. The van der Waals surface area contributed by atoms with Crippen molar-refractivity contribution in [1.29, 1.82) is 0 Å². The van der Waals surface area contributed by atoms with Crippen molar-refractivity contribution >= 4 is 17.2 Å². The molecular weight excluding hydrogens is 236 g/mol. The SMILES string of the molecule is COc1cc(C)sc1C(=O)N1CCCC(N)C1. The molecule has 17 heavy (non-hydrogen) atoms. The summed E-state index contributed by atoms with van der Waals surface area (Å²) in [5.41, 5.74) is 5.90. The minimum atomic E-state index is 0.0510. The Kier molecular flexibility index (Phi) is 3.69. The van der Waals surface area contributed by atoms with Crippen LogP contribution in [-0.4, -0.2) is 37.0 Å². The van der Waals surface area contributed by atoms with Gasteiger partial charge in [-0.2, -0.15) is 0 Å². The number of hydrogen-bond acceptors (Lipinski definition) is 4. The second-order valence-corrected chi connectivity index (χ2v) is 5.66. The van der Waals surface area contributed by atoms with Gasteiger partial charge in [-0.3, -0.25) is 4.79 Å². The molecule has 94 valence electrons. The van der Waals surface area contributed by atoms with Crippen LogP contribution in [-0.2, 0) is 0 Å². The molecule has 0 bridgehead atoms. The van der Waals surface area contributed by atoms with E-state index >= 15 is 0 Å². The van der Waals surface area contributed by atoms with Gasteiger partial charge in [0.05, 0.1) is 7.11 Å². The van der Waals surface area contributed by atoms with E-state index < -0.39 is 0 Å². The molecule has 0 radical (unpaired) electrons. The summed E-state index contributed by atoms with van der Waals surface area (Å²) in [4.78, 5) is 16.0. The number of carbonyl (C=O) groups is 1. The monoisotopic (exact) mass is 254 g/mol. The third-order valence-corrected chi connectivity index (χ3v) is 4.00. The molecule has 1 aromatic rings. The first-order chi connectivity index (χ1) is 8.11. The van der Waals surface area contributed by atoms with Crippen molar-refractivity contribution in [3.63, 3.8) is 0 Å². The number of amides is 1. The summed E-state index contributed by atoms with van der Waals surface area (Å²) in [6, 6.07) is 2.02. The average Bonchev–Trinajstić information content (AvgIpc) is 2.69. The van der Waals surface area contributed by atoms with Gasteiger partial charge in [0.25, 0.3) is 5.91 Å². The maximum atomic E-state index is 12.3. The average molecular weight is 254 g/mol. The number of rotatable bonds is 2. The number of nitrogens with two attached hydrogens (primary N) is 1. The van der Waals surface area contributed by atoms with Gasteiger partial charge in [0.1, 0.15) is 10.6 Å². The van der Waals surface area contributed by atoms with Crippen LogP contribution in [0.25, 0.3) is 0 Å². The van der Waals surface area contributed by atoms with Gasteiger partial charge in [-0.1, -0.05) is 0 Å². The van der Waals surface area contributed by atoms with Crippen molar-refractivity contribution in [2.45, 2.75) is 25.8 Å². The smallest absolute Gasteiger partial charge is 0.267 e. The van der Waals surface area contributed by atoms with Crippen molar-refractivity contribution in [2.75, 3.05) is 20.2 Å². The Morgan fingerprint density at radius 1 is 1.65 bits per heavy atom. The largest absolute Gasteiger partial charge is 0.495 e. The highest BCUT2D eigenvalue weighted by Gasteiger charge is 2.25. The first-order valence-electron chi connectivity index (χ1n) is 5.81. The van der Waals surface area contributed by atoms with Gasteiger partial charge in [-0.25, -0.2) is 0 Å². The lowest BCUT2D eigenvalue weighted by Crippen LogP contribution is -2.45. The van der Waals surface area contributed by atoms with E-state index in [2.05, 4.69) is 0 Å². The summed E-state index contributed by atoms with van der Waals surface area (Å²) in [6.07, 6.45) is 1.99. The lowest BCUT2D eigenvalue weighted by atomic mass is 10.1. The molecule has 1 aliphatic heterocycles. The minimum absolute atomic E-state index is 0.0510. The Bertz CT molecular complexity index is 417. The van der Waals surface area contributed by atoms with E-state index in [1.807, 2.05) is 17.9 Å². The zero-order valence-corrected chi connectivity index (χ0v) is 11.0. The summed E-state index contributed by atoms with van der Waals surface area (Å²) < 4.78 is 5.24. The van der Waals surface area contributed by atoms with Gasteiger partial charge in [0.15, 0.2) is 0 Å². The molecule has 0 spiro atoms. The van der Waals surface area contributed by atoms with Crippen LogP contribution in [0.2, 0.25) is 0 Å². The molecular formula is C12H18N2O2S. The summed E-state index contributed by atoms with van der Waals surface area (Å²) >= 11 is 1.48. The third-order valence-electron chi connectivity index (χ3n) is 2.98. The van der Waals surface area contributed by atoms with Crippen molar-refractivity contribution < 1.29 is 9.53 Å². The van der Waals surface area contributed by atoms with E-state index in [1.165, 1.54) is 11.3 Å². The lowest BCUT2D eigenvalue weighted by Gasteiger charge is -2.30. The fraction of sp³-hybridized carbons (Fsp3) is 0.583. The normalized spacial score (nSPS) is 20.4. The van der Waals surface area contributed by atoms with E-state index in [-0.39, 0.29) is 11.9 Å². The molecule has 2 rings (SSSR count). The first-order valence-corrected chi connectivity index (χ1v) is 6.62. The highest BCUT2D eigenvalue weighted by molar-refractivity contribution is 7.14. The molecule has 1 saturated heterocycles. The number of aryl methyl sites for hydroxylation is 1. The zero-order valence-electron chi connectivity index (χ0n) is 10.2. The summed E-state index contributed by atoms with van der Waals surface area (Å²) in [6.45, 7) is 3.43. The van der Waals surface area contributed by atoms with Gasteiger partial charge in [0.2, 0.25) is 0 Å². The Labute approximate surface area is 105 Å². The molecule has 4 nitrogen and oxygen atoms in total. The summed E-state index contributed by atoms with van der Waals surface area (Å²) in [5.74, 6) is 0.728. The van der Waals surface area contributed by atoms with Crippen molar-refractivity contribution in [2.24, 2.45) is 5.73 Å². The molecule has 1 aromatic heterocycles. The molecule has 0 aromatic carbocycles. The first kappa shape index (κ1) is 12.4. The van der Waals surface area contributed by atoms with E-state index in [9.17, 15) is 4.79 Å². The van der Waals surface area contributed by atoms with Gasteiger partial charge in [-0.15, -0.1) is 11.3 Å². The minimum Gasteiger partial charge on any atom is -0.495 e. The number of carbonyl (C=O) groups excluding carboxylic acids is 1. The molecule has 1 unspecified atom stereocenters. The van der Waals surface area contributed by atoms with Crippen molar-refractivity contribution in [3.8, 4) is 5.75 Å². The number of methoxy groups -OCH3 is 1. The second kappa shape index (κ2) is 5.06. The van der Waals surface area contributed by atoms with E-state index in [4.69, 9.17) is 10.5 Å². The molecule has 1 aliphatic rings. The fourth-order valence-corrected chi connectivity index (χ4v) is 3.08.